The number of hydrogen-bond donors (Lipinski definition) is 1. The normalized spacial score (nSPS) is 32.2. The van der Waals surface area contributed by atoms with Gasteiger partial charge in [0, 0.05) is 35.2 Å². The van der Waals surface area contributed by atoms with Gasteiger partial charge in [-0.1, -0.05) is 0 Å². The number of rotatable bonds is 7. The summed E-state index contributed by atoms with van der Waals surface area (Å²) >= 11 is 0. The van der Waals surface area contributed by atoms with Gasteiger partial charge in [0.2, 0.25) is 0 Å². The Hall–Kier alpha value is -1.26. The molecule has 0 radical (unpaired) electrons. The lowest BCUT2D eigenvalue weighted by atomic mass is 9.94. The Morgan fingerprint density at radius 2 is 1.65 bits per heavy atom. The zero-order valence-corrected chi connectivity index (χ0v) is 13.9. The van der Waals surface area contributed by atoms with Crippen molar-refractivity contribution in [1.82, 2.24) is 0 Å². The van der Waals surface area contributed by atoms with Crippen LogP contribution in [0.4, 0.5) is 0 Å². The number of methoxy groups -OCH3 is 3. The predicted octanol–water partition coefficient (Wildman–Crippen LogP) is -0.757. The summed E-state index contributed by atoms with van der Waals surface area (Å²) in [5, 5.41) is 10.1. The Morgan fingerprint density at radius 3 is 2.09 bits per heavy atom. The van der Waals surface area contributed by atoms with Gasteiger partial charge in [-0.2, -0.15) is 0 Å². The standard InChI is InChI=1S/C14H24O9/c1-7(15)21-9(6-18-3)10-11(19-4)12(22-8(2)16)13(20-5)14(17)23-10/h9-14,17H,6H2,1-5H3/t9-,10-,11-,12+,13-,14-/m1/s1. The van der Waals surface area contributed by atoms with Crippen LogP contribution in [-0.4, -0.2) is 81.8 Å². The minimum Gasteiger partial charge on any atom is -0.457 e. The molecule has 0 bridgehead atoms. The second kappa shape index (κ2) is 9.14. The molecule has 1 aliphatic heterocycles. The fourth-order valence-corrected chi connectivity index (χ4v) is 2.57. The molecule has 0 aromatic carbocycles. The van der Waals surface area contributed by atoms with Crippen LogP contribution in [0.2, 0.25) is 0 Å². The van der Waals surface area contributed by atoms with Crippen LogP contribution in [0.25, 0.3) is 0 Å². The van der Waals surface area contributed by atoms with E-state index in [1.807, 2.05) is 0 Å². The van der Waals surface area contributed by atoms with Crippen molar-refractivity contribution in [2.24, 2.45) is 0 Å². The van der Waals surface area contributed by atoms with Gasteiger partial charge in [0.05, 0.1) is 6.61 Å². The minimum atomic E-state index is -1.39. The number of aliphatic hydroxyl groups excluding tert-OH is 1. The molecule has 0 aromatic rings. The van der Waals surface area contributed by atoms with E-state index in [2.05, 4.69) is 0 Å². The molecule has 9 heteroatoms. The molecule has 1 rings (SSSR count). The quantitative estimate of drug-likeness (QED) is 0.600. The summed E-state index contributed by atoms with van der Waals surface area (Å²) in [6.07, 6.45) is -5.86. The van der Waals surface area contributed by atoms with Crippen molar-refractivity contribution in [2.45, 2.75) is 50.7 Å². The van der Waals surface area contributed by atoms with Crippen LogP contribution < -0.4 is 0 Å². The van der Waals surface area contributed by atoms with Gasteiger partial charge in [0.25, 0.3) is 0 Å². The predicted molar refractivity (Wildman–Crippen MR) is 75.5 cm³/mol. The largest absolute Gasteiger partial charge is 0.457 e. The van der Waals surface area contributed by atoms with E-state index in [1.165, 1.54) is 35.2 Å². The third-order valence-corrected chi connectivity index (χ3v) is 3.41. The van der Waals surface area contributed by atoms with Crippen molar-refractivity contribution in [1.29, 1.82) is 0 Å². The zero-order valence-electron chi connectivity index (χ0n) is 13.9. The number of carbonyl (C=O) groups is 2. The number of aliphatic hydroxyl groups is 1. The van der Waals surface area contributed by atoms with E-state index in [9.17, 15) is 14.7 Å². The Kier molecular flexibility index (Phi) is 7.86. The van der Waals surface area contributed by atoms with Crippen molar-refractivity contribution in [3.05, 3.63) is 0 Å². The average Bonchev–Trinajstić information content (AvgIpc) is 2.45. The van der Waals surface area contributed by atoms with E-state index in [1.54, 1.807) is 0 Å². The highest BCUT2D eigenvalue weighted by atomic mass is 16.7. The van der Waals surface area contributed by atoms with Gasteiger partial charge >= 0.3 is 11.9 Å². The first-order valence-corrected chi connectivity index (χ1v) is 7.08. The lowest BCUT2D eigenvalue weighted by Crippen LogP contribution is -2.63. The Labute approximate surface area is 134 Å². The average molecular weight is 336 g/mol. The maximum absolute atomic E-state index is 11.4. The Morgan fingerprint density at radius 1 is 1.04 bits per heavy atom. The summed E-state index contributed by atoms with van der Waals surface area (Å²) in [4.78, 5) is 22.6. The summed E-state index contributed by atoms with van der Waals surface area (Å²) < 4.78 is 31.4. The van der Waals surface area contributed by atoms with E-state index in [0.717, 1.165) is 0 Å². The van der Waals surface area contributed by atoms with Crippen LogP contribution in [-0.2, 0) is 38.0 Å². The van der Waals surface area contributed by atoms with Crippen molar-refractivity contribution in [2.75, 3.05) is 27.9 Å². The van der Waals surface area contributed by atoms with Gasteiger partial charge in [0.1, 0.15) is 18.3 Å². The molecule has 6 atom stereocenters. The minimum absolute atomic E-state index is 0.0151. The molecule has 1 heterocycles. The fourth-order valence-electron chi connectivity index (χ4n) is 2.57. The van der Waals surface area contributed by atoms with Gasteiger partial charge < -0.3 is 33.5 Å². The van der Waals surface area contributed by atoms with Crippen LogP contribution in [0, 0.1) is 0 Å². The molecular weight excluding hydrogens is 312 g/mol. The highest BCUT2D eigenvalue weighted by molar-refractivity contribution is 5.66. The maximum atomic E-state index is 11.4. The second-order valence-corrected chi connectivity index (χ2v) is 5.07. The number of ether oxygens (including phenoxy) is 6. The third-order valence-electron chi connectivity index (χ3n) is 3.41. The lowest BCUT2D eigenvalue weighted by Gasteiger charge is -2.44. The van der Waals surface area contributed by atoms with Crippen molar-refractivity contribution < 1.29 is 43.1 Å². The number of hydrogen-bond acceptors (Lipinski definition) is 9. The molecule has 1 fully saturated rings. The van der Waals surface area contributed by atoms with E-state index >= 15 is 0 Å². The Bertz CT molecular complexity index is 400. The maximum Gasteiger partial charge on any atom is 0.303 e. The molecule has 0 unspecified atom stereocenters. The van der Waals surface area contributed by atoms with E-state index in [0.29, 0.717) is 0 Å². The van der Waals surface area contributed by atoms with E-state index in [-0.39, 0.29) is 6.61 Å². The molecule has 0 aromatic heterocycles. The summed E-state index contributed by atoms with van der Waals surface area (Å²) in [5.74, 6) is -1.11. The molecule has 0 aliphatic carbocycles. The summed E-state index contributed by atoms with van der Waals surface area (Å²) in [6.45, 7) is 2.49. The first-order valence-electron chi connectivity index (χ1n) is 7.08. The summed E-state index contributed by atoms with van der Waals surface area (Å²) in [6, 6.07) is 0. The van der Waals surface area contributed by atoms with Crippen molar-refractivity contribution >= 4 is 11.9 Å². The molecule has 0 saturated carbocycles. The topological polar surface area (TPSA) is 110 Å². The summed E-state index contributed by atoms with van der Waals surface area (Å²) in [5.41, 5.74) is 0. The van der Waals surface area contributed by atoms with Gasteiger partial charge in [0.15, 0.2) is 18.5 Å². The molecule has 23 heavy (non-hydrogen) atoms. The number of esters is 2. The van der Waals surface area contributed by atoms with Gasteiger partial charge in [-0.05, 0) is 0 Å². The lowest BCUT2D eigenvalue weighted by molar-refractivity contribution is -0.309. The summed E-state index contributed by atoms with van der Waals surface area (Å²) in [7, 11) is 4.16. The van der Waals surface area contributed by atoms with Crippen molar-refractivity contribution in [3.8, 4) is 0 Å². The van der Waals surface area contributed by atoms with Crippen molar-refractivity contribution in [3.63, 3.8) is 0 Å². The van der Waals surface area contributed by atoms with Crippen LogP contribution in [0.3, 0.4) is 0 Å². The van der Waals surface area contributed by atoms with E-state index < -0.39 is 48.7 Å². The molecule has 0 spiro atoms. The van der Waals surface area contributed by atoms with Gasteiger partial charge in [-0.15, -0.1) is 0 Å². The van der Waals surface area contributed by atoms with Crippen LogP contribution >= 0.6 is 0 Å². The highest BCUT2D eigenvalue weighted by Crippen LogP contribution is 2.29. The first-order chi connectivity index (χ1) is 10.8. The molecule has 1 saturated heterocycles. The molecule has 134 valence electrons. The first kappa shape index (κ1) is 19.8. The van der Waals surface area contributed by atoms with Crippen LogP contribution in [0.15, 0.2) is 0 Å². The van der Waals surface area contributed by atoms with Gasteiger partial charge in [-0.25, -0.2) is 0 Å². The van der Waals surface area contributed by atoms with E-state index in [4.69, 9.17) is 28.4 Å². The molecule has 0 amide bonds. The molecule has 1 N–H and O–H groups in total. The SMILES string of the molecule is COC[C@@H](OC(C)=O)[C@H]1O[C@@H](O)[C@H](OC)[C@@H](OC(C)=O)[C@@H]1OC. The third kappa shape index (κ3) is 5.11. The van der Waals surface area contributed by atoms with Crippen LogP contribution in [0.1, 0.15) is 13.8 Å². The van der Waals surface area contributed by atoms with Gasteiger partial charge in [-0.3, -0.25) is 9.59 Å². The molecular formula is C14H24O9. The smallest absolute Gasteiger partial charge is 0.303 e. The zero-order chi connectivity index (χ0) is 17.6. The second-order valence-electron chi connectivity index (χ2n) is 5.07. The molecule has 1 aliphatic rings. The Balaban J connectivity index is 3.08. The number of carbonyl (C=O) groups excluding carboxylic acids is 2. The highest BCUT2D eigenvalue weighted by Gasteiger charge is 2.51. The fraction of sp³-hybridized carbons (Fsp3) is 0.857. The molecule has 9 nitrogen and oxygen atoms in total. The monoisotopic (exact) mass is 336 g/mol. The van der Waals surface area contributed by atoms with Crippen LogP contribution in [0.5, 0.6) is 0 Å².